The van der Waals surface area contributed by atoms with Crippen LogP contribution in [0.15, 0.2) is 18.5 Å². The van der Waals surface area contributed by atoms with Crippen LogP contribution >= 0.6 is 0 Å². The monoisotopic (exact) mass is 248 g/mol. The Bertz CT molecular complexity index is 370. The van der Waals surface area contributed by atoms with Gasteiger partial charge >= 0.3 is 0 Å². The summed E-state index contributed by atoms with van der Waals surface area (Å²) >= 11 is 0. The molecule has 4 nitrogen and oxygen atoms in total. The van der Waals surface area contributed by atoms with Gasteiger partial charge in [0.2, 0.25) is 0 Å². The van der Waals surface area contributed by atoms with Gasteiger partial charge in [-0.25, -0.2) is 5.01 Å². The van der Waals surface area contributed by atoms with Crippen LogP contribution in [0.2, 0.25) is 0 Å². The molecule has 1 aliphatic rings. The maximum atomic E-state index is 4.27. The number of anilines is 2. The van der Waals surface area contributed by atoms with Gasteiger partial charge in [-0.2, -0.15) is 0 Å². The summed E-state index contributed by atoms with van der Waals surface area (Å²) in [6.07, 6.45) is 7.60. The first-order valence-electron chi connectivity index (χ1n) is 6.94. The van der Waals surface area contributed by atoms with Crippen LogP contribution in [-0.2, 0) is 0 Å². The molecule has 1 aliphatic heterocycles. The second-order valence-electron chi connectivity index (χ2n) is 5.14. The summed E-state index contributed by atoms with van der Waals surface area (Å²) in [5.41, 5.74) is 5.64. The van der Waals surface area contributed by atoms with Gasteiger partial charge in [-0.15, -0.1) is 0 Å². The molecule has 0 bridgehead atoms. The Morgan fingerprint density at radius 3 is 2.56 bits per heavy atom. The number of piperidine rings is 1. The highest BCUT2D eigenvalue weighted by Gasteiger charge is 2.24. The van der Waals surface area contributed by atoms with Crippen molar-refractivity contribution in [1.82, 2.24) is 9.99 Å². The average Bonchev–Trinajstić information content (AvgIpc) is 2.35. The van der Waals surface area contributed by atoms with Crippen molar-refractivity contribution in [2.24, 2.45) is 0 Å². The lowest BCUT2D eigenvalue weighted by atomic mass is 10.00. The average molecular weight is 248 g/mol. The molecular formula is C14H24N4. The molecule has 0 saturated carbocycles. The van der Waals surface area contributed by atoms with Crippen molar-refractivity contribution >= 4 is 11.4 Å². The molecule has 0 radical (unpaired) electrons. The van der Waals surface area contributed by atoms with E-state index < -0.39 is 0 Å². The number of aromatic nitrogens is 1. The van der Waals surface area contributed by atoms with Crippen LogP contribution < -0.4 is 10.7 Å². The Morgan fingerprint density at radius 1 is 1.22 bits per heavy atom. The largest absolute Gasteiger partial charge is 0.384 e. The van der Waals surface area contributed by atoms with Gasteiger partial charge in [-0.1, -0.05) is 6.42 Å². The van der Waals surface area contributed by atoms with Gasteiger partial charge in [0.25, 0.3) is 0 Å². The quantitative estimate of drug-likeness (QED) is 0.859. The van der Waals surface area contributed by atoms with Crippen molar-refractivity contribution < 1.29 is 0 Å². The van der Waals surface area contributed by atoms with Gasteiger partial charge < -0.3 is 10.7 Å². The summed E-state index contributed by atoms with van der Waals surface area (Å²) in [7, 11) is 0. The second kappa shape index (κ2) is 6.05. The molecule has 1 aromatic heterocycles. The minimum atomic E-state index is 0.580. The molecule has 0 spiro atoms. The topological polar surface area (TPSA) is 40.2 Å². The summed E-state index contributed by atoms with van der Waals surface area (Å²) in [6.45, 7) is 7.57. The highest BCUT2D eigenvalue weighted by molar-refractivity contribution is 5.53. The Morgan fingerprint density at radius 2 is 1.89 bits per heavy atom. The zero-order valence-electron chi connectivity index (χ0n) is 11.6. The fourth-order valence-electron chi connectivity index (χ4n) is 2.59. The molecule has 0 amide bonds. The number of nitrogens with one attached hydrogen (secondary N) is 2. The van der Waals surface area contributed by atoms with Crippen molar-refractivity contribution in [2.45, 2.75) is 52.1 Å². The molecule has 1 fully saturated rings. The van der Waals surface area contributed by atoms with Crippen LogP contribution in [0.4, 0.5) is 11.4 Å². The molecule has 100 valence electrons. The van der Waals surface area contributed by atoms with Crippen LogP contribution in [0.5, 0.6) is 0 Å². The Labute approximate surface area is 110 Å². The van der Waals surface area contributed by atoms with Crippen molar-refractivity contribution in [3.05, 3.63) is 18.5 Å². The molecule has 2 N–H and O–H groups in total. The molecule has 0 aromatic carbocycles. The number of rotatable bonds is 4. The molecular weight excluding hydrogens is 224 g/mol. The Hall–Kier alpha value is -1.29. The van der Waals surface area contributed by atoms with E-state index in [1.807, 2.05) is 12.4 Å². The summed E-state index contributed by atoms with van der Waals surface area (Å²) in [5.74, 6) is 0. The van der Waals surface area contributed by atoms with Crippen molar-refractivity contribution in [3.63, 3.8) is 0 Å². The summed E-state index contributed by atoms with van der Waals surface area (Å²) < 4.78 is 0. The second-order valence-corrected chi connectivity index (χ2v) is 5.14. The lowest BCUT2D eigenvalue weighted by Gasteiger charge is -2.39. The van der Waals surface area contributed by atoms with E-state index in [1.54, 1.807) is 0 Å². The van der Waals surface area contributed by atoms with Crippen LogP contribution in [0.1, 0.15) is 40.0 Å². The van der Waals surface area contributed by atoms with Crippen LogP contribution in [0.25, 0.3) is 0 Å². The zero-order valence-corrected chi connectivity index (χ0v) is 11.6. The van der Waals surface area contributed by atoms with E-state index in [-0.39, 0.29) is 0 Å². The van der Waals surface area contributed by atoms with Crippen LogP contribution in [0, 0.1) is 0 Å². The third-order valence-electron chi connectivity index (χ3n) is 3.57. The van der Waals surface area contributed by atoms with E-state index in [1.165, 1.54) is 19.3 Å². The van der Waals surface area contributed by atoms with Gasteiger partial charge in [0, 0.05) is 18.6 Å². The Balaban J connectivity index is 2.05. The number of pyridine rings is 1. The third kappa shape index (κ3) is 3.13. The van der Waals surface area contributed by atoms with E-state index >= 15 is 0 Å². The fourth-order valence-corrected chi connectivity index (χ4v) is 2.59. The molecule has 2 rings (SSSR count). The maximum absolute atomic E-state index is 4.27. The molecule has 0 aliphatic carbocycles. The first-order valence-corrected chi connectivity index (χ1v) is 6.94. The van der Waals surface area contributed by atoms with Gasteiger partial charge in [0.05, 0.1) is 23.8 Å². The van der Waals surface area contributed by atoms with Crippen molar-refractivity contribution in [3.8, 4) is 0 Å². The van der Waals surface area contributed by atoms with E-state index in [9.17, 15) is 0 Å². The molecule has 2 unspecified atom stereocenters. The van der Waals surface area contributed by atoms with Crippen LogP contribution in [0.3, 0.4) is 0 Å². The van der Waals surface area contributed by atoms with E-state index in [4.69, 9.17) is 0 Å². The first kappa shape index (κ1) is 13.1. The first-order chi connectivity index (χ1) is 8.70. The number of hydrogen-bond donors (Lipinski definition) is 2. The van der Waals surface area contributed by atoms with Crippen molar-refractivity contribution in [2.75, 3.05) is 17.3 Å². The minimum Gasteiger partial charge on any atom is -0.384 e. The minimum absolute atomic E-state index is 0.580. The molecule has 4 heteroatoms. The predicted molar refractivity (Wildman–Crippen MR) is 76.6 cm³/mol. The summed E-state index contributed by atoms with van der Waals surface area (Å²) in [5, 5.41) is 5.64. The molecule has 1 saturated heterocycles. The molecule has 1 aromatic rings. The Kier molecular flexibility index (Phi) is 4.42. The third-order valence-corrected chi connectivity index (χ3v) is 3.57. The fraction of sp³-hybridized carbons (Fsp3) is 0.643. The van der Waals surface area contributed by atoms with Gasteiger partial charge in [0.1, 0.15) is 0 Å². The normalized spacial score (nSPS) is 24.8. The van der Waals surface area contributed by atoms with Crippen LogP contribution in [-0.4, -0.2) is 28.6 Å². The highest BCUT2D eigenvalue weighted by Crippen LogP contribution is 2.24. The lowest BCUT2D eigenvalue weighted by molar-refractivity contribution is 0.135. The van der Waals surface area contributed by atoms with E-state index in [0.29, 0.717) is 12.1 Å². The highest BCUT2D eigenvalue weighted by atomic mass is 15.5. The smallest absolute Gasteiger partial charge is 0.0694 e. The number of hydrazine groups is 1. The summed E-state index contributed by atoms with van der Waals surface area (Å²) in [4.78, 5) is 4.27. The van der Waals surface area contributed by atoms with Gasteiger partial charge in [-0.3, -0.25) is 4.98 Å². The standard InChI is InChI=1S/C14H24N4/c1-4-16-13-8-14(10-15-9-13)17-18-11(2)6-5-7-12(18)3/h8-12,16-17H,4-7H2,1-3H3. The molecule has 2 atom stereocenters. The van der Waals surface area contributed by atoms with Gasteiger partial charge in [0.15, 0.2) is 0 Å². The van der Waals surface area contributed by atoms with Gasteiger partial charge in [-0.05, 0) is 39.7 Å². The molecule has 2 heterocycles. The zero-order chi connectivity index (χ0) is 13.0. The molecule has 18 heavy (non-hydrogen) atoms. The van der Waals surface area contributed by atoms with E-state index in [0.717, 1.165) is 17.9 Å². The number of hydrogen-bond acceptors (Lipinski definition) is 4. The lowest BCUT2D eigenvalue weighted by Crippen LogP contribution is -2.47. The van der Waals surface area contributed by atoms with E-state index in [2.05, 4.69) is 47.6 Å². The SMILES string of the molecule is CCNc1cncc(NN2C(C)CCCC2C)c1. The maximum Gasteiger partial charge on any atom is 0.0694 e. The predicted octanol–water partition coefficient (Wildman–Crippen LogP) is 3.10. The van der Waals surface area contributed by atoms with Crippen molar-refractivity contribution in [1.29, 1.82) is 0 Å². The number of nitrogens with zero attached hydrogens (tertiary/aromatic N) is 2. The summed E-state index contributed by atoms with van der Waals surface area (Å²) in [6, 6.07) is 3.28.